The number of aliphatic imine (C=N–C) groups is 1. The standard InChI is InChI=1S/C17H31N5O/c1-18-16(19-10-14(21(2)3)13-5-6-13)22-8-4-7-17(12-22)9-15(23)20-11-17/h13-14H,4-12H2,1-3H3,(H,18,19)(H,20,23). The number of hydrogen-bond acceptors (Lipinski definition) is 3. The lowest BCUT2D eigenvalue weighted by Gasteiger charge is -2.41. The zero-order chi connectivity index (χ0) is 16.4. The average Bonchev–Trinajstić information content (AvgIpc) is 3.29. The van der Waals surface area contributed by atoms with E-state index in [1.54, 1.807) is 0 Å². The van der Waals surface area contributed by atoms with Gasteiger partial charge in [0.1, 0.15) is 0 Å². The summed E-state index contributed by atoms with van der Waals surface area (Å²) in [6.07, 6.45) is 5.65. The first-order chi connectivity index (χ1) is 11.0. The highest BCUT2D eigenvalue weighted by molar-refractivity contribution is 5.81. The SMILES string of the molecule is CN=C(NCC(C1CC1)N(C)C)N1CCCC2(CNC(=O)C2)C1. The van der Waals surface area contributed by atoms with Crippen LogP contribution in [-0.4, -0.2) is 75.0 Å². The fraction of sp³-hybridized carbons (Fsp3) is 0.882. The molecule has 2 N–H and O–H groups in total. The molecule has 0 aromatic carbocycles. The molecule has 1 saturated carbocycles. The van der Waals surface area contributed by atoms with Gasteiger partial charge in [0, 0.05) is 51.1 Å². The van der Waals surface area contributed by atoms with Crippen LogP contribution in [-0.2, 0) is 4.79 Å². The summed E-state index contributed by atoms with van der Waals surface area (Å²) in [5, 5.41) is 6.60. The number of likely N-dealkylation sites (tertiary alicyclic amines) is 1. The van der Waals surface area contributed by atoms with Crippen LogP contribution < -0.4 is 10.6 Å². The van der Waals surface area contributed by atoms with Crippen molar-refractivity contribution in [3.05, 3.63) is 0 Å². The predicted molar refractivity (Wildman–Crippen MR) is 92.4 cm³/mol. The van der Waals surface area contributed by atoms with E-state index in [2.05, 4.69) is 39.5 Å². The van der Waals surface area contributed by atoms with E-state index in [9.17, 15) is 4.79 Å². The smallest absolute Gasteiger partial charge is 0.220 e. The Hall–Kier alpha value is -1.30. The highest BCUT2D eigenvalue weighted by Gasteiger charge is 2.42. The van der Waals surface area contributed by atoms with E-state index in [4.69, 9.17) is 0 Å². The third-order valence-electron chi connectivity index (χ3n) is 5.67. The third-order valence-corrected chi connectivity index (χ3v) is 5.67. The Morgan fingerprint density at radius 2 is 2.30 bits per heavy atom. The van der Waals surface area contributed by atoms with E-state index in [1.165, 1.54) is 12.8 Å². The van der Waals surface area contributed by atoms with Gasteiger partial charge < -0.3 is 20.4 Å². The molecule has 1 spiro atoms. The van der Waals surface area contributed by atoms with Crippen molar-refractivity contribution in [3.8, 4) is 0 Å². The lowest BCUT2D eigenvalue weighted by Crippen LogP contribution is -2.53. The zero-order valence-electron chi connectivity index (χ0n) is 14.8. The molecule has 0 aromatic heterocycles. The van der Waals surface area contributed by atoms with E-state index < -0.39 is 0 Å². The summed E-state index contributed by atoms with van der Waals surface area (Å²) in [6.45, 7) is 3.74. The maximum Gasteiger partial charge on any atom is 0.220 e. The number of guanidine groups is 1. The van der Waals surface area contributed by atoms with Crippen molar-refractivity contribution in [2.45, 2.75) is 38.1 Å². The molecular formula is C17H31N5O. The van der Waals surface area contributed by atoms with Crippen LogP contribution in [0.4, 0.5) is 0 Å². The molecule has 2 saturated heterocycles. The molecule has 2 aliphatic heterocycles. The van der Waals surface area contributed by atoms with Crippen molar-refractivity contribution in [1.82, 2.24) is 20.4 Å². The molecule has 1 amide bonds. The molecular weight excluding hydrogens is 290 g/mol. The number of nitrogens with zero attached hydrogens (tertiary/aromatic N) is 3. The first-order valence-electron chi connectivity index (χ1n) is 8.92. The fourth-order valence-corrected chi connectivity index (χ4v) is 4.21. The molecule has 1 aliphatic carbocycles. The quantitative estimate of drug-likeness (QED) is 0.585. The summed E-state index contributed by atoms with van der Waals surface area (Å²) in [5.74, 6) is 2.03. The van der Waals surface area contributed by atoms with Crippen LogP contribution >= 0.6 is 0 Å². The van der Waals surface area contributed by atoms with Gasteiger partial charge in [-0.15, -0.1) is 0 Å². The van der Waals surface area contributed by atoms with Crippen LogP contribution in [0.5, 0.6) is 0 Å². The normalized spacial score (nSPS) is 30.0. The highest BCUT2D eigenvalue weighted by atomic mass is 16.1. The number of rotatable bonds is 4. The summed E-state index contributed by atoms with van der Waals surface area (Å²) >= 11 is 0. The van der Waals surface area contributed by atoms with Crippen molar-refractivity contribution >= 4 is 11.9 Å². The predicted octanol–water partition coefficient (Wildman–Crippen LogP) is 0.504. The molecule has 3 aliphatic rings. The Balaban J connectivity index is 1.58. The minimum Gasteiger partial charge on any atom is -0.355 e. The number of amides is 1. The van der Waals surface area contributed by atoms with Crippen LogP contribution in [0, 0.1) is 11.3 Å². The number of carbonyl (C=O) groups excluding carboxylic acids is 1. The Kier molecular flexibility index (Phi) is 4.80. The van der Waals surface area contributed by atoms with Crippen LogP contribution in [0.2, 0.25) is 0 Å². The van der Waals surface area contributed by atoms with E-state index in [0.29, 0.717) is 12.5 Å². The molecule has 2 unspecified atom stereocenters. The van der Waals surface area contributed by atoms with Gasteiger partial charge >= 0.3 is 0 Å². The number of nitrogens with one attached hydrogen (secondary N) is 2. The van der Waals surface area contributed by atoms with E-state index >= 15 is 0 Å². The molecule has 0 aromatic rings. The Morgan fingerprint density at radius 1 is 1.52 bits per heavy atom. The molecule has 23 heavy (non-hydrogen) atoms. The van der Waals surface area contributed by atoms with Gasteiger partial charge in [-0.1, -0.05) is 0 Å². The van der Waals surface area contributed by atoms with Gasteiger partial charge in [0.15, 0.2) is 5.96 Å². The van der Waals surface area contributed by atoms with Crippen molar-refractivity contribution in [1.29, 1.82) is 0 Å². The Labute approximate surface area is 139 Å². The van der Waals surface area contributed by atoms with Crippen LogP contribution in [0.25, 0.3) is 0 Å². The van der Waals surface area contributed by atoms with Gasteiger partial charge in [0.2, 0.25) is 5.91 Å². The van der Waals surface area contributed by atoms with Crippen molar-refractivity contribution < 1.29 is 4.79 Å². The average molecular weight is 321 g/mol. The number of hydrogen-bond donors (Lipinski definition) is 2. The van der Waals surface area contributed by atoms with Gasteiger partial charge in [0.05, 0.1) is 0 Å². The third kappa shape index (κ3) is 3.79. The van der Waals surface area contributed by atoms with Gasteiger partial charge in [-0.25, -0.2) is 0 Å². The number of likely N-dealkylation sites (N-methyl/N-ethyl adjacent to an activating group) is 1. The fourth-order valence-electron chi connectivity index (χ4n) is 4.21. The van der Waals surface area contributed by atoms with Crippen molar-refractivity contribution in [2.24, 2.45) is 16.3 Å². The largest absolute Gasteiger partial charge is 0.355 e. The Bertz CT molecular complexity index is 472. The van der Waals surface area contributed by atoms with Gasteiger partial charge in [0.25, 0.3) is 0 Å². The summed E-state index contributed by atoms with van der Waals surface area (Å²) in [5.41, 5.74) is 0.115. The van der Waals surface area contributed by atoms with Gasteiger partial charge in [-0.05, 0) is 45.7 Å². The van der Waals surface area contributed by atoms with Crippen LogP contribution in [0.1, 0.15) is 32.1 Å². The molecule has 6 nitrogen and oxygen atoms in total. The second-order valence-electron chi connectivity index (χ2n) is 7.78. The molecule has 2 atom stereocenters. The van der Waals surface area contributed by atoms with E-state index in [-0.39, 0.29) is 11.3 Å². The first kappa shape index (κ1) is 16.6. The van der Waals surface area contributed by atoms with Crippen LogP contribution in [0.3, 0.4) is 0 Å². The molecule has 3 fully saturated rings. The maximum absolute atomic E-state index is 11.7. The minimum absolute atomic E-state index is 0.115. The van der Waals surface area contributed by atoms with Crippen molar-refractivity contribution in [3.63, 3.8) is 0 Å². The minimum atomic E-state index is 0.115. The summed E-state index contributed by atoms with van der Waals surface area (Å²) < 4.78 is 0. The molecule has 0 bridgehead atoms. The molecule has 3 rings (SSSR count). The topological polar surface area (TPSA) is 60.0 Å². The van der Waals surface area contributed by atoms with Gasteiger partial charge in [-0.2, -0.15) is 0 Å². The lowest BCUT2D eigenvalue weighted by molar-refractivity contribution is -0.119. The summed E-state index contributed by atoms with van der Waals surface area (Å²) in [6, 6.07) is 0.584. The zero-order valence-corrected chi connectivity index (χ0v) is 14.8. The van der Waals surface area contributed by atoms with Crippen LogP contribution in [0.15, 0.2) is 4.99 Å². The second kappa shape index (κ2) is 6.67. The molecule has 130 valence electrons. The van der Waals surface area contributed by atoms with Crippen molar-refractivity contribution in [2.75, 3.05) is 47.3 Å². The number of piperidine rings is 1. The second-order valence-corrected chi connectivity index (χ2v) is 7.78. The summed E-state index contributed by atoms with van der Waals surface area (Å²) in [4.78, 5) is 20.8. The molecule has 6 heteroatoms. The molecule has 2 heterocycles. The Morgan fingerprint density at radius 3 is 2.87 bits per heavy atom. The molecule has 0 radical (unpaired) electrons. The lowest BCUT2D eigenvalue weighted by atomic mass is 9.79. The van der Waals surface area contributed by atoms with E-state index in [0.717, 1.165) is 50.9 Å². The monoisotopic (exact) mass is 321 g/mol. The van der Waals surface area contributed by atoms with E-state index in [1.807, 2.05) is 7.05 Å². The van der Waals surface area contributed by atoms with Gasteiger partial charge in [-0.3, -0.25) is 9.79 Å². The maximum atomic E-state index is 11.7. The summed E-state index contributed by atoms with van der Waals surface area (Å²) in [7, 11) is 6.20. The number of carbonyl (C=O) groups is 1. The first-order valence-corrected chi connectivity index (χ1v) is 8.92. The highest BCUT2D eigenvalue weighted by Crippen LogP contribution is 2.36.